The highest BCUT2D eigenvalue weighted by Crippen LogP contribution is 2.23. The van der Waals surface area contributed by atoms with Crippen molar-refractivity contribution in [2.45, 2.75) is 13.5 Å². The highest BCUT2D eigenvalue weighted by Gasteiger charge is 2.05. The van der Waals surface area contributed by atoms with Crippen LogP contribution in [0.1, 0.15) is 11.1 Å². The van der Waals surface area contributed by atoms with E-state index >= 15 is 0 Å². The third-order valence-corrected chi connectivity index (χ3v) is 2.93. The normalized spacial score (nSPS) is 10.4. The Balaban J connectivity index is 2.16. The van der Waals surface area contributed by atoms with Gasteiger partial charge in [0.05, 0.1) is 10.7 Å². The van der Waals surface area contributed by atoms with Crippen LogP contribution < -0.4 is 5.32 Å². The first-order chi connectivity index (χ1) is 8.56. The van der Waals surface area contributed by atoms with E-state index in [4.69, 9.17) is 11.6 Å². The Bertz CT molecular complexity index is 518. The summed E-state index contributed by atoms with van der Waals surface area (Å²) in [6.07, 6.45) is 0. The maximum Gasteiger partial charge on any atom is 0.128 e. The molecule has 94 valence electrons. The Morgan fingerprint density at radius 3 is 2.67 bits per heavy atom. The largest absolute Gasteiger partial charge is 0.380 e. The van der Waals surface area contributed by atoms with Gasteiger partial charge in [-0.25, -0.2) is 8.78 Å². The first-order valence-corrected chi connectivity index (χ1v) is 5.88. The zero-order valence-corrected chi connectivity index (χ0v) is 10.6. The van der Waals surface area contributed by atoms with Gasteiger partial charge in [-0.05, 0) is 31.2 Å². The molecule has 0 saturated carbocycles. The molecule has 2 aromatic rings. The van der Waals surface area contributed by atoms with Crippen molar-refractivity contribution in [1.82, 2.24) is 0 Å². The second-order valence-electron chi connectivity index (χ2n) is 4.07. The molecule has 0 radical (unpaired) electrons. The maximum atomic E-state index is 13.5. The molecule has 0 aromatic heterocycles. The minimum absolute atomic E-state index is 0.261. The van der Waals surface area contributed by atoms with E-state index in [0.29, 0.717) is 16.3 Å². The van der Waals surface area contributed by atoms with Crippen LogP contribution in [0.15, 0.2) is 36.4 Å². The molecule has 4 heteroatoms. The topological polar surface area (TPSA) is 12.0 Å². The van der Waals surface area contributed by atoms with Crippen LogP contribution in [0.2, 0.25) is 5.02 Å². The lowest BCUT2D eigenvalue weighted by Crippen LogP contribution is -2.03. The van der Waals surface area contributed by atoms with Gasteiger partial charge < -0.3 is 5.32 Å². The third kappa shape index (κ3) is 2.99. The second kappa shape index (κ2) is 5.36. The van der Waals surface area contributed by atoms with E-state index in [1.165, 1.54) is 24.3 Å². The molecule has 0 aliphatic carbocycles. The minimum atomic E-state index is -0.383. The number of benzene rings is 2. The number of anilines is 1. The van der Waals surface area contributed by atoms with Crippen LogP contribution in [-0.4, -0.2) is 0 Å². The summed E-state index contributed by atoms with van der Waals surface area (Å²) in [5.74, 6) is -0.674. The number of hydrogen-bond donors (Lipinski definition) is 1. The second-order valence-corrected chi connectivity index (χ2v) is 4.48. The third-order valence-electron chi connectivity index (χ3n) is 2.60. The average Bonchev–Trinajstić information content (AvgIpc) is 2.34. The van der Waals surface area contributed by atoms with Crippen LogP contribution >= 0.6 is 11.6 Å². The summed E-state index contributed by atoms with van der Waals surface area (Å²) in [4.78, 5) is 0. The number of aryl methyl sites for hydroxylation is 1. The van der Waals surface area contributed by atoms with Crippen LogP contribution in [0.3, 0.4) is 0 Å². The fourth-order valence-electron chi connectivity index (χ4n) is 1.66. The van der Waals surface area contributed by atoms with Crippen molar-refractivity contribution in [1.29, 1.82) is 0 Å². The molecule has 0 aliphatic rings. The Morgan fingerprint density at radius 2 is 1.89 bits per heavy atom. The van der Waals surface area contributed by atoms with E-state index in [-0.39, 0.29) is 18.2 Å². The predicted molar refractivity (Wildman–Crippen MR) is 69.9 cm³/mol. The number of halogens is 3. The summed E-state index contributed by atoms with van der Waals surface area (Å²) < 4.78 is 26.5. The van der Waals surface area contributed by atoms with E-state index < -0.39 is 0 Å². The highest BCUT2D eigenvalue weighted by molar-refractivity contribution is 6.33. The van der Waals surface area contributed by atoms with Gasteiger partial charge in [0.2, 0.25) is 0 Å². The summed E-state index contributed by atoms with van der Waals surface area (Å²) >= 11 is 5.91. The zero-order valence-electron chi connectivity index (χ0n) is 9.81. The summed E-state index contributed by atoms with van der Waals surface area (Å²) in [5, 5.41) is 3.33. The number of hydrogen-bond acceptors (Lipinski definition) is 1. The molecule has 0 saturated heterocycles. The summed E-state index contributed by atoms with van der Waals surface area (Å²) in [6.45, 7) is 2.15. The average molecular weight is 268 g/mol. The van der Waals surface area contributed by atoms with Crippen LogP contribution in [0, 0.1) is 18.6 Å². The van der Waals surface area contributed by atoms with Crippen LogP contribution in [0.5, 0.6) is 0 Å². The molecule has 18 heavy (non-hydrogen) atoms. The van der Waals surface area contributed by atoms with E-state index in [1.807, 2.05) is 6.92 Å². The fraction of sp³-hybridized carbons (Fsp3) is 0.143. The molecule has 0 atom stereocenters. The minimum Gasteiger partial charge on any atom is -0.380 e. The standard InChI is InChI=1S/C14H12ClF2N/c1-9-2-5-13(17)10(6-9)8-18-14-7-11(16)3-4-12(14)15/h2-7,18H,8H2,1H3. The molecular formula is C14H12ClF2N. The highest BCUT2D eigenvalue weighted by atomic mass is 35.5. The first kappa shape index (κ1) is 12.8. The molecule has 0 heterocycles. The smallest absolute Gasteiger partial charge is 0.128 e. The van der Waals surface area contributed by atoms with Crippen molar-refractivity contribution in [2.75, 3.05) is 5.32 Å². The van der Waals surface area contributed by atoms with Gasteiger partial charge in [-0.1, -0.05) is 29.3 Å². The molecule has 1 nitrogen and oxygen atoms in total. The van der Waals surface area contributed by atoms with Crippen molar-refractivity contribution in [3.63, 3.8) is 0 Å². The fourth-order valence-corrected chi connectivity index (χ4v) is 1.85. The van der Waals surface area contributed by atoms with Gasteiger partial charge in [0, 0.05) is 12.1 Å². The quantitative estimate of drug-likeness (QED) is 0.861. The van der Waals surface area contributed by atoms with Crippen molar-refractivity contribution in [3.05, 3.63) is 64.2 Å². The molecule has 0 spiro atoms. The lowest BCUT2D eigenvalue weighted by atomic mass is 10.1. The molecular weight excluding hydrogens is 256 g/mol. The Hall–Kier alpha value is -1.61. The molecule has 1 N–H and O–H groups in total. The van der Waals surface area contributed by atoms with E-state index in [2.05, 4.69) is 5.32 Å². The maximum absolute atomic E-state index is 13.5. The lowest BCUT2D eigenvalue weighted by molar-refractivity contribution is 0.612. The number of nitrogens with one attached hydrogen (secondary N) is 1. The van der Waals surface area contributed by atoms with Gasteiger partial charge in [0.15, 0.2) is 0 Å². The van der Waals surface area contributed by atoms with Crippen LogP contribution in [-0.2, 0) is 6.54 Å². The van der Waals surface area contributed by atoms with Crippen LogP contribution in [0.25, 0.3) is 0 Å². The Morgan fingerprint density at radius 1 is 1.11 bits per heavy atom. The Labute approximate surface area is 109 Å². The van der Waals surface area contributed by atoms with Crippen molar-refractivity contribution in [3.8, 4) is 0 Å². The van der Waals surface area contributed by atoms with Gasteiger partial charge in [-0.2, -0.15) is 0 Å². The molecule has 2 rings (SSSR count). The SMILES string of the molecule is Cc1ccc(F)c(CNc2cc(F)ccc2Cl)c1. The summed E-state index contributed by atoms with van der Waals surface area (Å²) in [7, 11) is 0. The Kier molecular flexibility index (Phi) is 3.82. The van der Waals surface area contributed by atoms with Gasteiger partial charge in [0.25, 0.3) is 0 Å². The molecule has 0 unspecified atom stereocenters. The summed E-state index contributed by atoms with van der Waals surface area (Å²) in [5.41, 5.74) is 1.95. The number of rotatable bonds is 3. The van der Waals surface area contributed by atoms with Crippen LogP contribution in [0.4, 0.5) is 14.5 Å². The monoisotopic (exact) mass is 267 g/mol. The van der Waals surface area contributed by atoms with Gasteiger partial charge in [0.1, 0.15) is 11.6 Å². The van der Waals surface area contributed by atoms with Crippen molar-refractivity contribution < 1.29 is 8.78 Å². The van der Waals surface area contributed by atoms with Gasteiger partial charge >= 0.3 is 0 Å². The molecule has 0 bridgehead atoms. The molecule has 0 aliphatic heterocycles. The molecule has 0 fully saturated rings. The van der Waals surface area contributed by atoms with Gasteiger partial charge in [-0.15, -0.1) is 0 Å². The summed E-state index contributed by atoms with van der Waals surface area (Å²) in [6, 6.07) is 8.89. The first-order valence-electron chi connectivity index (χ1n) is 5.50. The van der Waals surface area contributed by atoms with Gasteiger partial charge in [-0.3, -0.25) is 0 Å². The van der Waals surface area contributed by atoms with Crippen molar-refractivity contribution in [2.24, 2.45) is 0 Å². The van der Waals surface area contributed by atoms with E-state index in [1.54, 1.807) is 12.1 Å². The molecule has 0 amide bonds. The molecule has 2 aromatic carbocycles. The van der Waals surface area contributed by atoms with E-state index in [9.17, 15) is 8.78 Å². The predicted octanol–water partition coefficient (Wildman–Crippen LogP) is 4.54. The van der Waals surface area contributed by atoms with Crippen molar-refractivity contribution >= 4 is 17.3 Å². The lowest BCUT2D eigenvalue weighted by Gasteiger charge is -2.10. The van der Waals surface area contributed by atoms with E-state index in [0.717, 1.165) is 5.56 Å². The zero-order chi connectivity index (χ0) is 13.1.